The van der Waals surface area contributed by atoms with Crippen molar-refractivity contribution in [1.82, 2.24) is 5.32 Å². The Bertz CT molecular complexity index is 510. The van der Waals surface area contributed by atoms with Gasteiger partial charge in [0.2, 0.25) is 0 Å². The molecule has 0 aliphatic rings. The van der Waals surface area contributed by atoms with Gasteiger partial charge in [-0.3, -0.25) is 0 Å². The van der Waals surface area contributed by atoms with Crippen LogP contribution in [0.5, 0.6) is 0 Å². The molecule has 1 unspecified atom stereocenters. The van der Waals surface area contributed by atoms with Crippen molar-refractivity contribution >= 4 is 11.6 Å². The highest BCUT2D eigenvalue weighted by Gasteiger charge is 2.10. The Kier molecular flexibility index (Phi) is 6.10. The second-order valence-corrected chi connectivity index (χ2v) is 5.55. The molecule has 0 spiro atoms. The highest BCUT2D eigenvalue weighted by molar-refractivity contribution is 6.30. The van der Waals surface area contributed by atoms with Crippen molar-refractivity contribution in [1.29, 1.82) is 0 Å². The van der Waals surface area contributed by atoms with E-state index in [9.17, 15) is 0 Å². The van der Waals surface area contributed by atoms with Gasteiger partial charge in [0.15, 0.2) is 0 Å². The van der Waals surface area contributed by atoms with Crippen LogP contribution in [0.25, 0.3) is 0 Å². The van der Waals surface area contributed by atoms with Crippen molar-refractivity contribution in [2.24, 2.45) is 0 Å². The van der Waals surface area contributed by atoms with Gasteiger partial charge in [-0.1, -0.05) is 73.8 Å². The first-order valence-corrected chi connectivity index (χ1v) is 7.70. The number of hydrogen-bond acceptors (Lipinski definition) is 1. The number of rotatable bonds is 7. The summed E-state index contributed by atoms with van der Waals surface area (Å²) < 4.78 is 0. The summed E-state index contributed by atoms with van der Waals surface area (Å²) >= 11 is 6.03. The maximum absolute atomic E-state index is 6.03. The van der Waals surface area contributed by atoms with E-state index in [0.717, 1.165) is 11.6 Å². The summed E-state index contributed by atoms with van der Waals surface area (Å²) in [5, 5.41) is 4.46. The highest BCUT2D eigenvalue weighted by atomic mass is 35.5. The van der Waals surface area contributed by atoms with E-state index < -0.39 is 0 Å². The van der Waals surface area contributed by atoms with Crippen molar-refractivity contribution in [3.63, 3.8) is 0 Å². The lowest BCUT2D eigenvalue weighted by Gasteiger charge is -2.19. The van der Waals surface area contributed by atoms with Gasteiger partial charge in [-0.05, 0) is 29.7 Å². The topological polar surface area (TPSA) is 12.0 Å². The minimum Gasteiger partial charge on any atom is -0.306 e. The van der Waals surface area contributed by atoms with E-state index in [1.807, 2.05) is 18.2 Å². The Labute approximate surface area is 127 Å². The standard InChI is InChI=1S/C18H22ClN/c1-2-3-12-18(16-9-5-4-6-10-16)20-14-15-8-7-11-17(19)13-15/h4-11,13,18,20H,2-3,12,14H2,1H3. The zero-order valence-electron chi connectivity index (χ0n) is 12.0. The molecule has 2 aromatic carbocycles. The second-order valence-electron chi connectivity index (χ2n) is 5.12. The van der Waals surface area contributed by atoms with Gasteiger partial charge in [-0.2, -0.15) is 0 Å². The number of nitrogens with one attached hydrogen (secondary N) is 1. The van der Waals surface area contributed by atoms with E-state index in [2.05, 4.69) is 48.6 Å². The van der Waals surface area contributed by atoms with Gasteiger partial charge in [-0.25, -0.2) is 0 Å². The smallest absolute Gasteiger partial charge is 0.0409 e. The van der Waals surface area contributed by atoms with Gasteiger partial charge in [0.05, 0.1) is 0 Å². The van der Waals surface area contributed by atoms with Crippen LogP contribution in [0.4, 0.5) is 0 Å². The Morgan fingerprint density at radius 3 is 2.55 bits per heavy atom. The molecule has 1 atom stereocenters. The van der Waals surface area contributed by atoms with Gasteiger partial charge >= 0.3 is 0 Å². The molecule has 0 heterocycles. The Morgan fingerprint density at radius 2 is 1.85 bits per heavy atom. The van der Waals surface area contributed by atoms with Gasteiger partial charge in [0.25, 0.3) is 0 Å². The largest absolute Gasteiger partial charge is 0.306 e. The normalized spacial score (nSPS) is 12.3. The monoisotopic (exact) mass is 287 g/mol. The summed E-state index contributed by atoms with van der Waals surface area (Å²) in [6, 6.07) is 19.1. The first-order valence-electron chi connectivity index (χ1n) is 7.32. The van der Waals surface area contributed by atoms with Crippen LogP contribution in [0.3, 0.4) is 0 Å². The predicted octanol–water partition coefficient (Wildman–Crippen LogP) is 5.36. The van der Waals surface area contributed by atoms with Crippen molar-refractivity contribution in [3.05, 3.63) is 70.7 Å². The number of unbranched alkanes of at least 4 members (excludes halogenated alkanes) is 1. The highest BCUT2D eigenvalue weighted by Crippen LogP contribution is 2.20. The predicted molar refractivity (Wildman–Crippen MR) is 87.0 cm³/mol. The molecule has 0 aliphatic heterocycles. The maximum Gasteiger partial charge on any atom is 0.0409 e. The lowest BCUT2D eigenvalue weighted by atomic mass is 10.0. The minimum atomic E-state index is 0.412. The van der Waals surface area contributed by atoms with Crippen molar-refractivity contribution in [2.45, 2.75) is 38.8 Å². The molecule has 2 rings (SSSR count). The molecule has 0 saturated heterocycles. The van der Waals surface area contributed by atoms with Crippen LogP contribution in [-0.2, 0) is 6.54 Å². The van der Waals surface area contributed by atoms with Crippen LogP contribution < -0.4 is 5.32 Å². The summed E-state index contributed by atoms with van der Waals surface area (Å²) in [7, 11) is 0. The third-order valence-electron chi connectivity index (χ3n) is 3.49. The molecule has 1 N–H and O–H groups in total. The van der Waals surface area contributed by atoms with E-state index in [1.54, 1.807) is 0 Å². The van der Waals surface area contributed by atoms with Crippen molar-refractivity contribution < 1.29 is 0 Å². The second kappa shape index (κ2) is 8.08. The number of benzene rings is 2. The van der Waals surface area contributed by atoms with Crippen LogP contribution in [-0.4, -0.2) is 0 Å². The fourth-order valence-corrected chi connectivity index (χ4v) is 2.58. The molecular weight excluding hydrogens is 266 g/mol. The summed E-state index contributed by atoms with van der Waals surface area (Å²) in [6.45, 7) is 3.09. The molecular formula is C18H22ClN. The lowest BCUT2D eigenvalue weighted by Crippen LogP contribution is -2.20. The third kappa shape index (κ3) is 4.66. The van der Waals surface area contributed by atoms with E-state index in [1.165, 1.54) is 30.4 Å². The first kappa shape index (κ1) is 15.1. The molecule has 2 aromatic rings. The zero-order valence-corrected chi connectivity index (χ0v) is 12.7. The molecule has 106 valence electrons. The van der Waals surface area contributed by atoms with Crippen molar-refractivity contribution in [3.8, 4) is 0 Å². The Morgan fingerprint density at radius 1 is 1.05 bits per heavy atom. The average Bonchev–Trinajstić information content (AvgIpc) is 2.48. The maximum atomic E-state index is 6.03. The fraction of sp³-hybridized carbons (Fsp3) is 0.333. The van der Waals surface area contributed by atoms with E-state index in [-0.39, 0.29) is 0 Å². The van der Waals surface area contributed by atoms with Crippen LogP contribution in [0, 0.1) is 0 Å². The summed E-state index contributed by atoms with van der Waals surface area (Å²) in [6.07, 6.45) is 3.63. The summed E-state index contributed by atoms with van der Waals surface area (Å²) in [5.41, 5.74) is 2.60. The molecule has 0 saturated carbocycles. The average molecular weight is 288 g/mol. The Hall–Kier alpha value is -1.31. The first-order chi connectivity index (χ1) is 9.79. The molecule has 0 aliphatic carbocycles. The third-order valence-corrected chi connectivity index (χ3v) is 3.73. The summed E-state index contributed by atoms with van der Waals surface area (Å²) in [4.78, 5) is 0. The zero-order chi connectivity index (χ0) is 14.2. The van der Waals surface area contributed by atoms with Gasteiger partial charge in [-0.15, -0.1) is 0 Å². The summed E-state index contributed by atoms with van der Waals surface area (Å²) in [5.74, 6) is 0. The van der Waals surface area contributed by atoms with E-state index in [0.29, 0.717) is 6.04 Å². The molecule has 0 amide bonds. The molecule has 0 aromatic heterocycles. The van der Waals surface area contributed by atoms with Crippen molar-refractivity contribution in [2.75, 3.05) is 0 Å². The Balaban J connectivity index is 2.01. The lowest BCUT2D eigenvalue weighted by molar-refractivity contribution is 0.480. The number of halogens is 1. The molecule has 20 heavy (non-hydrogen) atoms. The molecule has 1 nitrogen and oxygen atoms in total. The minimum absolute atomic E-state index is 0.412. The van der Waals surface area contributed by atoms with Crippen LogP contribution in [0.1, 0.15) is 43.4 Å². The molecule has 2 heteroatoms. The fourth-order valence-electron chi connectivity index (χ4n) is 2.37. The molecule has 0 bridgehead atoms. The van der Waals surface area contributed by atoms with Crippen LogP contribution in [0.2, 0.25) is 5.02 Å². The van der Waals surface area contributed by atoms with E-state index in [4.69, 9.17) is 11.6 Å². The molecule has 0 fully saturated rings. The van der Waals surface area contributed by atoms with Gasteiger partial charge in [0.1, 0.15) is 0 Å². The van der Waals surface area contributed by atoms with Crippen LogP contribution in [0.15, 0.2) is 54.6 Å². The van der Waals surface area contributed by atoms with E-state index >= 15 is 0 Å². The van der Waals surface area contributed by atoms with Gasteiger partial charge in [0, 0.05) is 17.6 Å². The number of hydrogen-bond donors (Lipinski definition) is 1. The SMILES string of the molecule is CCCCC(NCc1cccc(Cl)c1)c1ccccc1. The molecule has 0 radical (unpaired) electrons. The quantitative estimate of drug-likeness (QED) is 0.723. The van der Waals surface area contributed by atoms with Gasteiger partial charge < -0.3 is 5.32 Å². The van der Waals surface area contributed by atoms with Crippen LogP contribution >= 0.6 is 11.6 Å².